The summed E-state index contributed by atoms with van der Waals surface area (Å²) in [7, 11) is 1.63. The number of hydrogen-bond acceptors (Lipinski definition) is 4. The van der Waals surface area contributed by atoms with Crippen LogP contribution in [0.3, 0.4) is 0 Å². The predicted octanol–water partition coefficient (Wildman–Crippen LogP) is 2.34. The Morgan fingerprint density at radius 3 is 3.05 bits per heavy atom. The lowest BCUT2D eigenvalue weighted by atomic mass is 9.87. The molecule has 0 spiro atoms. The quantitative estimate of drug-likeness (QED) is 0.930. The van der Waals surface area contributed by atoms with Gasteiger partial charge >= 0.3 is 0 Å². The fourth-order valence-corrected chi connectivity index (χ4v) is 2.58. The maximum atomic E-state index is 6.37. The Balaban J connectivity index is 1.80. The summed E-state index contributed by atoms with van der Waals surface area (Å²) in [6.07, 6.45) is 4.41. The van der Waals surface area contributed by atoms with Gasteiger partial charge in [-0.3, -0.25) is 4.98 Å². The first kappa shape index (κ1) is 12.9. The van der Waals surface area contributed by atoms with Crippen molar-refractivity contribution in [3.63, 3.8) is 0 Å². The third-order valence-corrected chi connectivity index (χ3v) is 3.77. The van der Waals surface area contributed by atoms with Crippen LogP contribution in [0.15, 0.2) is 42.7 Å². The van der Waals surface area contributed by atoms with Crippen molar-refractivity contribution in [2.45, 2.75) is 12.5 Å². The Kier molecular flexibility index (Phi) is 3.56. The van der Waals surface area contributed by atoms with E-state index in [1.165, 1.54) is 5.56 Å². The number of rotatable bonds is 3. The second kappa shape index (κ2) is 5.51. The van der Waals surface area contributed by atoms with E-state index in [0.29, 0.717) is 6.61 Å². The number of methoxy groups -OCH3 is 1. The van der Waals surface area contributed by atoms with Crippen LogP contribution in [0, 0.1) is 5.92 Å². The van der Waals surface area contributed by atoms with Gasteiger partial charge in [-0.15, -0.1) is 0 Å². The molecule has 0 radical (unpaired) electrons. The molecule has 1 aromatic heterocycles. The van der Waals surface area contributed by atoms with Gasteiger partial charge in [0.25, 0.3) is 0 Å². The Bertz CT molecular complexity index is 601. The van der Waals surface area contributed by atoms with Crippen LogP contribution in [0.4, 0.5) is 0 Å². The van der Waals surface area contributed by atoms with Gasteiger partial charge in [0.15, 0.2) is 0 Å². The van der Waals surface area contributed by atoms with Crippen LogP contribution in [0.2, 0.25) is 0 Å². The molecule has 1 aliphatic rings. The molecular formula is C16H18N2O2. The lowest BCUT2D eigenvalue weighted by molar-refractivity contribution is 0.199. The zero-order valence-electron chi connectivity index (χ0n) is 11.5. The highest BCUT2D eigenvalue weighted by atomic mass is 16.5. The predicted molar refractivity (Wildman–Crippen MR) is 76.8 cm³/mol. The summed E-state index contributed by atoms with van der Waals surface area (Å²) in [4.78, 5) is 4.17. The summed E-state index contributed by atoms with van der Waals surface area (Å²) in [6.45, 7) is 0.634. The first-order valence-corrected chi connectivity index (χ1v) is 6.73. The van der Waals surface area contributed by atoms with Crippen LogP contribution in [0.5, 0.6) is 11.5 Å². The van der Waals surface area contributed by atoms with Crippen molar-refractivity contribution in [2.24, 2.45) is 11.7 Å². The van der Waals surface area contributed by atoms with Gasteiger partial charge in [-0.1, -0.05) is 18.2 Å². The molecule has 0 saturated heterocycles. The zero-order chi connectivity index (χ0) is 13.9. The molecule has 0 amide bonds. The van der Waals surface area contributed by atoms with Gasteiger partial charge in [-0.2, -0.15) is 0 Å². The summed E-state index contributed by atoms with van der Waals surface area (Å²) in [5.41, 5.74) is 8.58. The second-order valence-electron chi connectivity index (χ2n) is 5.07. The topological polar surface area (TPSA) is 57.4 Å². The molecule has 104 valence electrons. The maximum Gasteiger partial charge on any atom is 0.137 e. The van der Waals surface area contributed by atoms with Gasteiger partial charge in [-0.25, -0.2) is 0 Å². The number of aromatic nitrogens is 1. The zero-order valence-corrected chi connectivity index (χ0v) is 11.5. The highest BCUT2D eigenvalue weighted by Gasteiger charge is 2.26. The van der Waals surface area contributed by atoms with Crippen molar-refractivity contribution in [3.05, 3.63) is 53.9 Å². The third-order valence-electron chi connectivity index (χ3n) is 3.77. The molecular weight excluding hydrogens is 252 g/mol. The lowest BCUT2D eigenvalue weighted by Crippen LogP contribution is -2.31. The molecule has 0 saturated carbocycles. The molecule has 3 rings (SSSR count). The number of nitrogens with two attached hydrogens (primary N) is 1. The van der Waals surface area contributed by atoms with Crippen LogP contribution in [-0.2, 0) is 6.42 Å². The summed E-state index contributed by atoms with van der Waals surface area (Å²) < 4.78 is 11.0. The van der Waals surface area contributed by atoms with E-state index in [9.17, 15) is 0 Å². The van der Waals surface area contributed by atoms with E-state index in [4.69, 9.17) is 15.2 Å². The van der Waals surface area contributed by atoms with E-state index in [1.807, 2.05) is 24.3 Å². The third kappa shape index (κ3) is 2.47. The Hall–Kier alpha value is -2.07. The van der Waals surface area contributed by atoms with E-state index >= 15 is 0 Å². The molecule has 2 heterocycles. The number of ether oxygens (including phenoxy) is 2. The molecule has 0 bridgehead atoms. The minimum atomic E-state index is -0.106. The summed E-state index contributed by atoms with van der Waals surface area (Å²) in [6, 6.07) is 9.96. The number of benzene rings is 1. The molecule has 2 N–H and O–H groups in total. The number of para-hydroxylation sites is 1. The van der Waals surface area contributed by atoms with Gasteiger partial charge in [0.2, 0.25) is 0 Å². The van der Waals surface area contributed by atoms with E-state index in [0.717, 1.165) is 23.5 Å². The van der Waals surface area contributed by atoms with Gasteiger partial charge < -0.3 is 15.2 Å². The van der Waals surface area contributed by atoms with Gasteiger partial charge in [0.1, 0.15) is 11.5 Å². The number of hydrogen-bond donors (Lipinski definition) is 1. The van der Waals surface area contributed by atoms with E-state index in [2.05, 4.69) is 11.1 Å². The van der Waals surface area contributed by atoms with Crippen LogP contribution in [0.1, 0.15) is 17.2 Å². The molecule has 2 atom stereocenters. The highest BCUT2D eigenvalue weighted by Crippen LogP contribution is 2.32. The molecule has 1 aromatic carbocycles. The smallest absolute Gasteiger partial charge is 0.137 e. The van der Waals surface area contributed by atoms with E-state index in [-0.39, 0.29) is 12.0 Å². The number of fused-ring (bicyclic) bond motifs is 1. The minimum absolute atomic E-state index is 0.106. The maximum absolute atomic E-state index is 6.37. The fourth-order valence-electron chi connectivity index (χ4n) is 2.58. The number of nitrogens with zero attached hydrogens (tertiary/aromatic N) is 1. The summed E-state index contributed by atoms with van der Waals surface area (Å²) >= 11 is 0. The Morgan fingerprint density at radius 1 is 1.35 bits per heavy atom. The average molecular weight is 270 g/mol. The number of pyridine rings is 1. The molecule has 4 nitrogen and oxygen atoms in total. The molecule has 0 fully saturated rings. The van der Waals surface area contributed by atoms with Crippen molar-refractivity contribution in [3.8, 4) is 11.5 Å². The van der Waals surface area contributed by atoms with E-state index < -0.39 is 0 Å². The fraction of sp³-hybridized carbons (Fsp3) is 0.312. The normalized spacial score (nSPS) is 18.8. The Morgan fingerprint density at radius 2 is 2.20 bits per heavy atom. The van der Waals surface area contributed by atoms with Crippen molar-refractivity contribution in [1.29, 1.82) is 0 Å². The van der Waals surface area contributed by atoms with Crippen LogP contribution in [0.25, 0.3) is 0 Å². The standard InChI is InChI=1S/C16H18N2O2/c1-19-14-7-12(8-18-9-14)16(17)13-6-11-4-2-3-5-15(11)20-10-13/h2-5,7-9,13,16H,6,10,17H2,1H3. The molecule has 4 heteroatoms. The lowest BCUT2D eigenvalue weighted by Gasteiger charge is -2.29. The van der Waals surface area contributed by atoms with E-state index in [1.54, 1.807) is 19.5 Å². The van der Waals surface area contributed by atoms with Crippen molar-refractivity contribution in [1.82, 2.24) is 4.98 Å². The van der Waals surface area contributed by atoms with Gasteiger partial charge in [-0.05, 0) is 29.7 Å². The first-order chi connectivity index (χ1) is 9.78. The second-order valence-corrected chi connectivity index (χ2v) is 5.07. The van der Waals surface area contributed by atoms with Crippen molar-refractivity contribution in [2.75, 3.05) is 13.7 Å². The van der Waals surface area contributed by atoms with Crippen molar-refractivity contribution < 1.29 is 9.47 Å². The largest absolute Gasteiger partial charge is 0.495 e. The monoisotopic (exact) mass is 270 g/mol. The minimum Gasteiger partial charge on any atom is -0.495 e. The SMILES string of the molecule is COc1cncc(C(N)C2COc3ccccc3C2)c1. The first-order valence-electron chi connectivity index (χ1n) is 6.73. The van der Waals surface area contributed by atoms with Crippen LogP contribution >= 0.6 is 0 Å². The van der Waals surface area contributed by atoms with Gasteiger partial charge in [0, 0.05) is 18.2 Å². The van der Waals surface area contributed by atoms with Crippen LogP contribution in [-0.4, -0.2) is 18.7 Å². The van der Waals surface area contributed by atoms with Gasteiger partial charge in [0.05, 0.1) is 19.9 Å². The van der Waals surface area contributed by atoms with Crippen molar-refractivity contribution >= 4 is 0 Å². The highest BCUT2D eigenvalue weighted by molar-refractivity contribution is 5.36. The molecule has 2 aromatic rings. The molecule has 0 aliphatic carbocycles. The summed E-state index contributed by atoms with van der Waals surface area (Å²) in [5, 5.41) is 0. The molecule has 2 unspecified atom stereocenters. The Labute approximate surface area is 118 Å². The summed E-state index contributed by atoms with van der Waals surface area (Å²) in [5.74, 6) is 1.95. The average Bonchev–Trinajstić information content (AvgIpc) is 2.53. The molecule has 1 aliphatic heterocycles. The van der Waals surface area contributed by atoms with Crippen LogP contribution < -0.4 is 15.2 Å². The molecule has 20 heavy (non-hydrogen) atoms.